The van der Waals surface area contributed by atoms with Gasteiger partial charge in [0.05, 0.1) is 4.47 Å². The molecule has 0 spiro atoms. The lowest BCUT2D eigenvalue weighted by atomic mass is 9.87. The van der Waals surface area contributed by atoms with Crippen molar-refractivity contribution >= 4 is 31.9 Å². The second-order valence-corrected chi connectivity index (χ2v) is 7.20. The van der Waals surface area contributed by atoms with Gasteiger partial charge in [-0.3, -0.25) is 4.79 Å². The lowest BCUT2D eigenvalue weighted by Crippen LogP contribution is -2.36. The van der Waals surface area contributed by atoms with E-state index in [-0.39, 0.29) is 5.56 Å². The number of hydrogen-bond donors (Lipinski definition) is 1. The Balaban J connectivity index is 1.87. The van der Waals surface area contributed by atoms with Gasteiger partial charge >= 0.3 is 0 Å². The van der Waals surface area contributed by atoms with Crippen LogP contribution >= 0.6 is 31.9 Å². The SMILES string of the molecule is CC1CCCC(NCCn2cc(Br)cc(Br)c2=O)C1. The van der Waals surface area contributed by atoms with Crippen molar-refractivity contribution in [3.63, 3.8) is 0 Å². The Labute approximate surface area is 131 Å². The predicted molar refractivity (Wildman–Crippen MR) is 85.5 cm³/mol. The minimum absolute atomic E-state index is 0.0296. The first-order chi connectivity index (χ1) is 9.06. The Morgan fingerprint density at radius 2 is 2.21 bits per heavy atom. The summed E-state index contributed by atoms with van der Waals surface area (Å²) in [6.45, 7) is 3.88. The van der Waals surface area contributed by atoms with Crippen molar-refractivity contribution in [2.24, 2.45) is 5.92 Å². The molecule has 0 amide bonds. The van der Waals surface area contributed by atoms with Crippen LogP contribution in [0, 0.1) is 5.92 Å². The van der Waals surface area contributed by atoms with E-state index in [4.69, 9.17) is 0 Å². The molecule has 1 N–H and O–H groups in total. The Kier molecular flexibility index (Phi) is 5.66. The largest absolute Gasteiger partial charge is 0.312 e. The molecule has 1 aromatic rings. The molecule has 1 aromatic heterocycles. The average molecular weight is 392 g/mol. The summed E-state index contributed by atoms with van der Waals surface area (Å²) >= 11 is 6.70. The molecular formula is C14H20Br2N2O. The van der Waals surface area contributed by atoms with Crippen molar-refractivity contribution in [2.75, 3.05) is 6.54 Å². The highest BCUT2D eigenvalue weighted by molar-refractivity contribution is 9.11. The molecule has 2 atom stereocenters. The highest BCUT2D eigenvalue weighted by Gasteiger charge is 2.17. The van der Waals surface area contributed by atoms with E-state index in [1.807, 2.05) is 6.20 Å². The van der Waals surface area contributed by atoms with Gasteiger partial charge in [0.1, 0.15) is 0 Å². The molecule has 1 aliphatic carbocycles. The van der Waals surface area contributed by atoms with Crippen LogP contribution in [0.3, 0.4) is 0 Å². The molecule has 0 aromatic carbocycles. The van der Waals surface area contributed by atoms with Crippen LogP contribution < -0.4 is 10.9 Å². The van der Waals surface area contributed by atoms with E-state index >= 15 is 0 Å². The Morgan fingerprint density at radius 3 is 2.95 bits per heavy atom. The van der Waals surface area contributed by atoms with Gasteiger partial charge in [0.25, 0.3) is 5.56 Å². The molecule has 2 rings (SSSR count). The highest BCUT2D eigenvalue weighted by atomic mass is 79.9. The second kappa shape index (κ2) is 7.04. The zero-order valence-electron chi connectivity index (χ0n) is 11.2. The van der Waals surface area contributed by atoms with Gasteiger partial charge in [-0.05, 0) is 56.7 Å². The van der Waals surface area contributed by atoms with Crippen LogP contribution in [0.2, 0.25) is 0 Å². The van der Waals surface area contributed by atoms with E-state index < -0.39 is 0 Å². The third-order valence-corrected chi connectivity index (χ3v) is 4.73. The summed E-state index contributed by atoms with van der Waals surface area (Å²) in [6.07, 6.45) is 7.05. The fourth-order valence-electron chi connectivity index (χ4n) is 2.74. The summed E-state index contributed by atoms with van der Waals surface area (Å²) in [5.41, 5.74) is 0.0296. The van der Waals surface area contributed by atoms with Crippen LogP contribution in [0.1, 0.15) is 32.6 Å². The molecule has 2 unspecified atom stereocenters. The molecule has 5 heteroatoms. The van der Waals surface area contributed by atoms with Crippen molar-refractivity contribution in [1.29, 1.82) is 0 Å². The van der Waals surface area contributed by atoms with Crippen molar-refractivity contribution < 1.29 is 0 Å². The molecule has 1 aliphatic rings. The zero-order chi connectivity index (χ0) is 13.8. The van der Waals surface area contributed by atoms with Gasteiger partial charge < -0.3 is 9.88 Å². The average Bonchev–Trinajstić information content (AvgIpc) is 2.35. The smallest absolute Gasteiger partial charge is 0.264 e. The van der Waals surface area contributed by atoms with Gasteiger partial charge in [-0.25, -0.2) is 0 Å². The van der Waals surface area contributed by atoms with Crippen LogP contribution in [-0.4, -0.2) is 17.2 Å². The summed E-state index contributed by atoms with van der Waals surface area (Å²) in [6, 6.07) is 2.41. The fraction of sp³-hybridized carbons (Fsp3) is 0.643. The summed E-state index contributed by atoms with van der Waals surface area (Å²) in [5, 5.41) is 3.58. The van der Waals surface area contributed by atoms with Gasteiger partial charge in [-0.1, -0.05) is 19.8 Å². The normalized spacial score (nSPS) is 23.5. The first-order valence-electron chi connectivity index (χ1n) is 6.85. The van der Waals surface area contributed by atoms with E-state index in [2.05, 4.69) is 44.1 Å². The predicted octanol–water partition coefficient (Wildman–Crippen LogP) is 3.54. The third-order valence-electron chi connectivity index (χ3n) is 3.73. The van der Waals surface area contributed by atoms with Crippen molar-refractivity contribution in [3.8, 4) is 0 Å². The summed E-state index contributed by atoms with van der Waals surface area (Å²) < 4.78 is 3.27. The van der Waals surface area contributed by atoms with Gasteiger partial charge in [0, 0.05) is 29.8 Å². The van der Waals surface area contributed by atoms with Crippen LogP contribution in [0.4, 0.5) is 0 Å². The fourth-order valence-corrected chi connectivity index (χ4v) is 4.00. The first-order valence-corrected chi connectivity index (χ1v) is 8.43. The summed E-state index contributed by atoms with van der Waals surface area (Å²) in [7, 11) is 0. The van der Waals surface area contributed by atoms with Gasteiger partial charge in [-0.2, -0.15) is 0 Å². The Bertz CT molecular complexity index is 487. The summed E-state index contributed by atoms with van der Waals surface area (Å²) in [4.78, 5) is 11.9. The van der Waals surface area contributed by atoms with Crippen LogP contribution in [0.5, 0.6) is 0 Å². The molecule has 19 heavy (non-hydrogen) atoms. The van der Waals surface area contributed by atoms with E-state index in [9.17, 15) is 4.79 Å². The second-order valence-electron chi connectivity index (χ2n) is 5.43. The number of hydrogen-bond acceptors (Lipinski definition) is 2. The van der Waals surface area contributed by atoms with E-state index in [1.54, 1.807) is 10.6 Å². The molecule has 1 heterocycles. The quantitative estimate of drug-likeness (QED) is 0.851. The number of rotatable bonds is 4. The molecule has 3 nitrogen and oxygen atoms in total. The minimum atomic E-state index is 0.0296. The van der Waals surface area contributed by atoms with Crippen molar-refractivity contribution in [2.45, 2.75) is 45.2 Å². The van der Waals surface area contributed by atoms with Gasteiger partial charge in [-0.15, -0.1) is 0 Å². The van der Waals surface area contributed by atoms with Gasteiger partial charge in [0.15, 0.2) is 0 Å². The Hall–Kier alpha value is -0.130. The number of aromatic nitrogens is 1. The maximum absolute atomic E-state index is 11.9. The summed E-state index contributed by atoms with van der Waals surface area (Å²) in [5.74, 6) is 0.828. The lowest BCUT2D eigenvalue weighted by Gasteiger charge is -2.27. The zero-order valence-corrected chi connectivity index (χ0v) is 14.3. The molecular weight excluding hydrogens is 372 g/mol. The van der Waals surface area contributed by atoms with Crippen LogP contribution in [0.15, 0.2) is 26.0 Å². The van der Waals surface area contributed by atoms with E-state index in [1.165, 1.54) is 25.7 Å². The number of pyridine rings is 1. The number of halogens is 2. The molecule has 0 bridgehead atoms. The maximum Gasteiger partial charge on any atom is 0.264 e. The number of nitrogens with one attached hydrogen (secondary N) is 1. The van der Waals surface area contributed by atoms with Crippen LogP contribution in [-0.2, 0) is 6.54 Å². The van der Waals surface area contributed by atoms with Crippen molar-refractivity contribution in [1.82, 2.24) is 9.88 Å². The van der Waals surface area contributed by atoms with Gasteiger partial charge in [0.2, 0.25) is 0 Å². The first kappa shape index (κ1) is 15.3. The van der Waals surface area contributed by atoms with E-state index in [0.717, 1.165) is 16.9 Å². The maximum atomic E-state index is 11.9. The standard InChI is InChI=1S/C14H20Br2N2O/c1-10-3-2-4-12(7-10)17-5-6-18-9-11(15)8-13(16)14(18)19/h8-10,12,17H,2-7H2,1H3. The molecule has 0 saturated heterocycles. The van der Waals surface area contributed by atoms with Crippen LogP contribution in [0.25, 0.3) is 0 Å². The lowest BCUT2D eigenvalue weighted by molar-refractivity contribution is 0.299. The molecule has 1 fully saturated rings. The molecule has 0 radical (unpaired) electrons. The van der Waals surface area contributed by atoms with Crippen molar-refractivity contribution in [3.05, 3.63) is 31.6 Å². The number of nitrogens with zero attached hydrogens (tertiary/aromatic N) is 1. The molecule has 1 saturated carbocycles. The topological polar surface area (TPSA) is 34.0 Å². The van der Waals surface area contributed by atoms with E-state index in [0.29, 0.717) is 17.1 Å². The molecule has 0 aliphatic heterocycles. The highest BCUT2D eigenvalue weighted by Crippen LogP contribution is 2.23. The minimum Gasteiger partial charge on any atom is -0.312 e. The molecule has 106 valence electrons. The monoisotopic (exact) mass is 390 g/mol. The Morgan fingerprint density at radius 1 is 1.42 bits per heavy atom. The third kappa shape index (κ3) is 4.43.